The Morgan fingerprint density at radius 1 is 1.10 bits per heavy atom. The van der Waals surface area contributed by atoms with Gasteiger partial charge in [-0.05, 0) is 24.3 Å². The fraction of sp³-hybridized carbons (Fsp3) is 0.136. The van der Waals surface area contributed by atoms with Crippen molar-refractivity contribution in [3.05, 3.63) is 88.6 Å². The molecule has 152 valence electrons. The average Bonchev–Trinajstić information content (AvgIpc) is 3.40. The fourth-order valence-corrected chi connectivity index (χ4v) is 4.80. The summed E-state index contributed by atoms with van der Waals surface area (Å²) in [5.74, 6) is 2.28. The quantitative estimate of drug-likeness (QED) is 0.202. The minimum atomic E-state index is 0.345. The van der Waals surface area contributed by atoms with Gasteiger partial charge in [-0.2, -0.15) is 0 Å². The van der Waals surface area contributed by atoms with Crippen molar-refractivity contribution in [2.75, 3.05) is 0 Å². The van der Waals surface area contributed by atoms with Crippen LogP contribution in [0.25, 0.3) is 10.6 Å². The zero-order valence-electron chi connectivity index (χ0n) is 16.1. The first kappa shape index (κ1) is 20.8. The Kier molecular flexibility index (Phi) is 6.99. The number of thioether (sulfide) groups is 1. The molecule has 4 rings (SSSR count). The number of rotatable bonds is 9. The first-order valence-electron chi connectivity index (χ1n) is 9.27. The molecule has 8 heteroatoms. The number of hydrogen-bond donors (Lipinski definition) is 0. The van der Waals surface area contributed by atoms with Crippen LogP contribution in [0.4, 0.5) is 0 Å². The molecule has 0 bridgehead atoms. The highest BCUT2D eigenvalue weighted by molar-refractivity contribution is 9.10. The van der Waals surface area contributed by atoms with Crippen molar-refractivity contribution in [2.45, 2.75) is 24.1 Å². The van der Waals surface area contributed by atoms with Crippen LogP contribution in [0.3, 0.4) is 0 Å². The summed E-state index contributed by atoms with van der Waals surface area (Å²) in [5, 5.41) is 12.6. The van der Waals surface area contributed by atoms with Crippen LogP contribution in [-0.4, -0.2) is 19.7 Å². The Hall–Kier alpha value is -2.42. The van der Waals surface area contributed by atoms with E-state index in [9.17, 15) is 0 Å². The van der Waals surface area contributed by atoms with Gasteiger partial charge < -0.3 is 4.74 Å². The Bertz CT molecular complexity index is 1110. The van der Waals surface area contributed by atoms with Gasteiger partial charge in [-0.25, -0.2) is 4.98 Å². The zero-order valence-corrected chi connectivity index (χ0v) is 19.3. The summed E-state index contributed by atoms with van der Waals surface area (Å²) in [5.41, 5.74) is 2.17. The molecule has 0 amide bonds. The predicted molar refractivity (Wildman–Crippen MR) is 126 cm³/mol. The van der Waals surface area contributed by atoms with E-state index in [2.05, 4.69) is 50.2 Å². The molecule has 0 aliphatic heterocycles. The molecule has 0 aliphatic rings. The van der Waals surface area contributed by atoms with Crippen molar-refractivity contribution >= 4 is 39.0 Å². The van der Waals surface area contributed by atoms with Crippen LogP contribution in [0.5, 0.6) is 5.75 Å². The normalized spacial score (nSPS) is 10.8. The largest absolute Gasteiger partial charge is 0.486 e. The molecule has 0 saturated heterocycles. The first-order chi connectivity index (χ1) is 14.7. The van der Waals surface area contributed by atoms with E-state index in [-0.39, 0.29) is 0 Å². The van der Waals surface area contributed by atoms with Gasteiger partial charge in [-0.15, -0.1) is 28.1 Å². The van der Waals surface area contributed by atoms with Gasteiger partial charge in [-0.1, -0.05) is 64.1 Å². The predicted octanol–water partition coefficient (Wildman–Crippen LogP) is 6.22. The lowest BCUT2D eigenvalue weighted by Crippen LogP contribution is -2.07. The number of thiazole rings is 1. The second kappa shape index (κ2) is 10.1. The minimum absolute atomic E-state index is 0.345. The summed E-state index contributed by atoms with van der Waals surface area (Å²) >= 11 is 6.70. The third-order valence-corrected chi connectivity index (χ3v) is 6.68. The third-order valence-electron chi connectivity index (χ3n) is 4.21. The van der Waals surface area contributed by atoms with Crippen molar-refractivity contribution in [2.24, 2.45) is 0 Å². The molecule has 0 spiro atoms. The number of benzene rings is 2. The molecular weight excluding hydrogens is 480 g/mol. The molecule has 2 aromatic heterocycles. The molecule has 5 nitrogen and oxygen atoms in total. The number of ether oxygens (including phenoxy) is 1. The van der Waals surface area contributed by atoms with E-state index in [1.54, 1.807) is 23.1 Å². The molecule has 30 heavy (non-hydrogen) atoms. The van der Waals surface area contributed by atoms with E-state index in [1.165, 1.54) is 0 Å². The van der Waals surface area contributed by atoms with Crippen LogP contribution < -0.4 is 4.74 Å². The van der Waals surface area contributed by atoms with E-state index in [4.69, 9.17) is 9.72 Å². The Labute approximate surface area is 192 Å². The smallest absolute Gasteiger partial charge is 0.191 e. The van der Waals surface area contributed by atoms with E-state index in [0.29, 0.717) is 13.2 Å². The summed E-state index contributed by atoms with van der Waals surface area (Å²) in [6.07, 6.45) is 1.84. The molecule has 0 saturated carbocycles. The molecule has 0 fully saturated rings. The zero-order chi connectivity index (χ0) is 20.8. The highest BCUT2D eigenvalue weighted by Crippen LogP contribution is 2.28. The number of aromatic nitrogens is 4. The van der Waals surface area contributed by atoms with Gasteiger partial charge in [0.1, 0.15) is 17.4 Å². The molecule has 0 atom stereocenters. The Morgan fingerprint density at radius 2 is 1.90 bits per heavy atom. The van der Waals surface area contributed by atoms with Crippen molar-refractivity contribution < 1.29 is 4.74 Å². The van der Waals surface area contributed by atoms with Gasteiger partial charge in [0.25, 0.3) is 0 Å². The maximum atomic E-state index is 5.86. The minimum Gasteiger partial charge on any atom is -0.486 e. The van der Waals surface area contributed by atoms with Gasteiger partial charge in [0, 0.05) is 27.7 Å². The summed E-state index contributed by atoms with van der Waals surface area (Å²) in [7, 11) is 0. The van der Waals surface area contributed by atoms with Crippen LogP contribution in [0, 0.1) is 0 Å². The summed E-state index contributed by atoms with van der Waals surface area (Å²) in [6.45, 7) is 4.83. The van der Waals surface area contributed by atoms with E-state index in [1.807, 2.05) is 53.1 Å². The second-order valence-electron chi connectivity index (χ2n) is 6.34. The number of hydrogen-bond acceptors (Lipinski definition) is 6. The van der Waals surface area contributed by atoms with Gasteiger partial charge in [-0.3, -0.25) is 4.57 Å². The lowest BCUT2D eigenvalue weighted by Gasteiger charge is -2.09. The van der Waals surface area contributed by atoms with Crippen LogP contribution in [0.1, 0.15) is 11.5 Å². The van der Waals surface area contributed by atoms with Crippen molar-refractivity contribution in [3.8, 4) is 16.3 Å². The van der Waals surface area contributed by atoms with E-state index in [0.717, 1.165) is 43.2 Å². The highest BCUT2D eigenvalue weighted by Gasteiger charge is 2.14. The second-order valence-corrected chi connectivity index (χ2v) is 9.06. The highest BCUT2D eigenvalue weighted by atomic mass is 79.9. The van der Waals surface area contributed by atoms with Gasteiger partial charge >= 0.3 is 0 Å². The van der Waals surface area contributed by atoms with E-state index < -0.39 is 0 Å². The summed E-state index contributed by atoms with van der Waals surface area (Å²) in [6, 6.07) is 18.0. The number of halogens is 1. The standard InChI is InChI=1S/C22H19BrN4OS2/c1-2-12-27-20(13-28-19-10-8-17(23)9-11-19)25-26-22(27)30-15-18-14-29-21(24-18)16-6-4-3-5-7-16/h2-11,14H,1,12-13,15H2. The molecular formula is C22H19BrN4OS2. The number of allylic oxidation sites excluding steroid dienone is 1. The monoisotopic (exact) mass is 498 g/mol. The molecule has 0 N–H and O–H groups in total. The lowest BCUT2D eigenvalue weighted by molar-refractivity contribution is 0.289. The molecule has 2 aromatic carbocycles. The van der Waals surface area contributed by atoms with Crippen LogP contribution in [0.2, 0.25) is 0 Å². The van der Waals surface area contributed by atoms with Crippen molar-refractivity contribution in [3.63, 3.8) is 0 Å². The van der Waals surface area contributed by atoms with E-state index >= 15 is 0 Å². The van der Waals surface area contributed by atoms with Crippen molar-refractivity contribution in [1.82, 2.24) is 19.7 Å². The first-order valence-corrected chi connectivity index (χ1v) is 11.9. The number of nitrogens with zero attached hydrogens (tertiary/aromatic N) is 4. The molecule has 0 radical (unpaired) electrons. The molecule has 0 unspecified atom stereocenters. The molecule has 0 aliphatic carbocycles. The third kappa shape index (κ3) is 5.19. The lowest BCUT2D eigenvalue weighted by atomic mass is 10.2. The van der Waals surface area contributed by atoms with Crippen LogP contribution in [0.15, 0.2) is 82.3 Å². The molecule has 2 heterocycles. The van der Waals surface area contributed by atoms with Gasteiger partial charge in [0.05, 0.1) is 5.69 Å². The summed E-state index contributed by atoms with van der Waals surface area (Å²) < 4.78 is 8.91. The molecule has 4 aromatic rings. The SMILES string of the molecule is C=CCn1c(COc2ccc(Br)cc2)nnc1SCc1csc(-c2ccccc2)n1. The Balaban J connectivity index is 1.42. The summed E-state index contributed by atoms with van der Waals surface area (Å²) in [4.78, 5) is 4.75. The average molecular weight is 499 g/mol. The maximum Gasteiger partial charge on any atom is 0.191 e. The van der Waals surface area contributed by atoms with Gasteiger partial charge in [0.2, 0.25) is 0 Å². The van der Waals surface area contributed by atoms with Crippen LogP contribution >= 0.6 is 39.0 Å². The topological polar surface area (TPSA) is 52.8 Å². The fourth-order valence-electron chi connectivity index (χ4n) is 2.75. The van der Waals surface area contributed by atoms with Crippen LogP contribution in [-0.2, 0) is 18.9 Å². The maximum absolute atomic E-state index is 5.86. The Morgan fingerprint density at radius 3 is 2.67 bits per heavy atom. The van der Waals surface area contributed by atoms with Crippen molar-refractivity contribution in [1.29, 1.82) is 0 Å². The van der Waals surface area contributed by atoms with Gasteiger partial charge in [0.15, 0.2) is 11.0 Å².